The Morgan fingerprint density at radius 1 is 1.12 bits per heavy atom. The molecule has 4 rings (SSSR count). The number of rotatable bonds is 8. The number of carbonyl (C=O) groups is 7. The van der Waals surface area contributed by atoms with Crippen molar-refractivity contribution in [2.45, 2.75) is 48.6 Å². The van der Waals surface area contributed by atoms with Crippen LogP contribution in [0.5, 0.6) is 11.5 Å². The molecule has 16 nitrogen and oxygen atoms in total. The normalized spacial score (nSPS) is 25.6. The monoisotopic (exact) mass is 592 g/mol. The Balaban J connectivity index is 1.69. The second kappa shape index (κ2) is 10.5. The lowest BCUT2D eigenvalue weighted by Crippen LogP contribution is -2.80. The molecule has 41 heavy (non-hydrogen) atoms. The van der Waals surface area contributed by atoms with E-state index < -0.39 is 75.0 Å². The Hall–Kier alpha value is -4.54. The number of benzene rings is 1. The number of nitrogens with zero attached hydrogens (tertiary/aromatic N) is 3. The number of β-lactam (4-membered cyclic amide) rings is 1. The molecule has 1 aromatic carbocycles. The number of thioether (sulfide) groups is 1. The van der Waals surface area contributed by atoms with Crippen LogP contribution in [0.2, 0.25) is 0 Å². The van der Waals surface area contributed by atoms with Crippen LogP contribution in [0, 0.1) is 0 Å². The van der Waals surface area contributed by atoms with Gasteiger partial charge in [0, 0.05) is 19.6 Å². The van der Waals surface area contributed by atoms with E-state index in [1.807, 2.05) is 0 Å². The molecular formula is C24H28N6O10S. The van der Waals surface area contributed by atoms with Gasteiger partial charge in [0.1, 0.15) is 17.5 Å². The number of carboxylic acids is 1. The van der Waals surface area contributed by atoms with Crippen LogP contribution in [0.15, 0.2) is 18.2 Å². The Morgan fingerprint density at radius 3 is 2.39 bits per heavy atom. The largest absolute Gasteiger partial charge is 0.504 e. The van der Waals surface area contributed by atoms with Gasteiger partial charge >= 0.3 is 23.8 Å². The molecule has 0 spiro atoms. The Labute approximate surface area is 237 Å². The number of hydrogen-bond donors (Lipinski definition) is 6. The number of amides is 7. The second-order valence-corrected chi connectivity index (χ2v) is 11.7. The molecule has 1 aromatic rings. The van der Waals surface area contributed by atoms with Crippen molar-refractivity contribution in [3.8, 4) is 11.5 Å². The molecule has 3 aliphatic heterocycles. The lowest BCUT2D eigenvalue weighted by atomic mass is 9.88. The van der Waals surface area contributed by atoms with Crippen LogP contribution in [-0.4, -0.2) is 114 Å². The van der Waals surface area contributed by atoms with Crippen molar-refractivity contribution in [3.63, 3.8) is 0 Å². The van der Waals surface area contributed by atoms with Crippen molar-refractivity contribution in [1.82, 2.24) is 30.7 Å². The van der Waals surface area contributed by atoms with E-state index in [0.717, 1.165) is 28.8 Å². The smallest absolute Gasteiger partial charge is 0.352 e. The number of likely N-dealkylation sites (N-methyl/N-ethyl adjacent to an activating group) is 1. The first kappa shape index (κ1) is 29.4. The number of phenols is 2. The fourth-order valence-corrected chi connectivity index (χ4v) is 6.82. The number of urea groups is 1. The van der Waals surface area contributed by atoms with Gasteiger partial charge in [-0.3, -0.25) is 33.8 Å². The average molecular weight is 593 g/mol. The lowest BCUT2D eigenvalue weighted by molar-refractivity contribution is -0.176. The molecule has 0 saturated carbocycles. The van der Waals surface area contributed by atoms with Crippen LogP contribution < -0.4 is 16.0 Å². The second-order valence-electron chi connectivity index (χ2n) is 9.97. The van der Waals surface area contributed by atoms with E-state index in [4.69, 9.17) is 0 Å². The third kappa shape index (κ3) is 4.55. The number of carboxylic acid groups (broad SMARTS) is 1. The van der Waals surface area contributed by atoms with E-state index in [2.05, 4.69) is 16.0 Å². The molecule has 0 aromatic heterocycles. The molecule has 6 N–H and O–H groups in total. The first-order valence-corrected chi connectivity index (χ1v) is 13.3. The van der Waals surface area contributed by atoms with Crippen LogP contribution in [0.3, 0.4) is 0 Å². The Bertz CT molecular complexity index is 1350. The van der Waals surface area contributed by atoms with E-state index >= 15 is 0 Å². The van der Waals surface area contributed by atoms with Gasteiger partial charge < -0.3 is 36.2 Å². The molecule has 0 aliphatic carbocycles. The van der Waals surface area contributed by atoms with Gasteiger partial charge in [-0.1, -0.05) is 6.07 Å². The molecule has 3 heterocycles. The maximum absolute atomic E-state index is 13.8. The quantitative estimate of drug-likeness (QED) is 0.0858. The standard InChI is InChI=1S/C24H28N6O10S/c1-4-28-7-8-29(19(37)18(28)36)22(40)26-14(11-5-6-12(32)13(33)9-11)16(34)27-24(21(38)39)23(2,3)41-20-15(25-10-31)17(35)30(20)24/h5-6,9-10,14-15,20,32-33H,4,7-8H2,1-3H3,(H,25,31)(H,26,40)(H,27,34)(H,38,39)/t14?,15-,20+,24-/m0/s1. The third-order valence-electron chi connectivity index (χ3n) is 7.35. The van der Waals surface area contributed by atoms with Crippen molar-refractivity contribution >= 4 is 53.8 Å². The Morgan fingerprint density at radius 2 is 1.80 bits per heavy atom. The third-order valence-corrected chi connectivity index (χ3v) is 8.96. The number of imide groups is 1. The molecule has 4 atom stereocenters. The molecule has 3 saturated heterocycles. The number of aromatic hydroxyl groups is 2. The number of piperazine rings is 1. The van der Waals surface area contributed by atoms with Crippen LogP contribution in [0.1, 0.15) is 32.4 Å². The molecule has 220 valence electrons. The molecule has 17 heteroatoms. The van der Waals surface area contributed by atoms with E-state index in [1.165, 1.54) is 24.8 Å². The highest BCUT2D eigenvalue weighted by Crippen LogP contribution is 2.55. The summed E-state index contributed by atoms with van der Waals surface area (Å²) in [6.45, 7) is 4.72. The van der Waals surface area contributed by atoms with Crippen molar-refractivity contribution in [1.29, 1.82) is 0 Å². The summed E-state index contributed by atoms with van der Waals surface area (Å²) < 4.78 is -1.36. The van der Waals surface area contributed by atoms with E-state index in [0.29, 0.717) is 11.3 Å². The summed E-state index contributed by atoms with van der Waals surface area (Å²) in [6.07, 6.45) is 0.308. The number of phenolic OH excluding ortho intramolecular Hbond substituents is 2. The summed E-state index contributed by atoms with van der Waals surface area (Å²) in [4.78, 5) is 91.3. The number of fused-ring (bicyclic) bond motifs is 1. The van der Waals surface area contributed by atoms with Crippen molar-refractivity contribution < 1.29 is 48.9 Å². The van der Waals surface area contributed by atoms with E-state index in [1.54, 1.807) is 6.92 Å². The topological polar surface area (TPSA) is 226 Å². The number of hydrogen-bond acceptors (Lipinski definition) is 10. The van der Waals surface area contributed by atoms with Crippen LogP contribution in [0.25, 0.3) is 0 Å². The summed E-state index contributed by atoms with van der Waals surface area (Å²) in [5.74, 6) is -6.78. The first-order chi connectivity index (χ1) is 19.2. The summed E-state index contributed by atoms with van der Waals surface area (Å²) in [7, 11) is 0. The summed E-state index contributed by atoms with van der Waals surface area (Å²) in [5.41, 5.74) is -2.47. The van der Waals surface area contributed by atoms with Crippen molar-refractivity contribution in [3.05, 3.63) is 23.8 Å². The van der Waals surface area contributed by atoms with Crippen LogP contribution in [0.4, 0.5) is 4.79 Å². The summed E-state index contributed by atoms with van der Waals surface area (Å²) in [6, 6.07) is -0.790. The number of aliphatic carboxylic acids is 1. The van der Waals surface area contributed by atoms with Gasteiger partial charge in [-0.25, -0.2) is 9.59 Å². The van der Waals surface area contributed by atoms with Gasteiger partial charge in [0.2, 0.25) is 18.0 Å². The van der Waals surface area contributed by atoms with E-state index in [9.17, 15) is 48.9 Å². The van der Waals surface area contributed by atoms with Gasteiger partial charge in [0.25, 0.3) is 5.91 Å². The zero-order valence-electron chi connectivity index (χ0n) is 22.1. The van der Waals surface area contributed by atoms with Crippen LogP contribution >= 0.6 is 11.8 Å². The molecule has 0 radical (unpaired) electrons. The average Bonchev–Trinajstić information content (AvgIpc) is 3.13. The van der Waals surface area contributed by atoms with Gasteiger partial charge in [-0.05, 0) is 38.5 Å². The minimum absolute atomic E-state index is 0.0490. The fraction of sp³-hybridized carbons (Fsp3) is 0.458. The zero-order chi connectivity index (χ0) is 30.4. The number of nitrogens with one attached hydrogen (secondary N) is 3. The molecule has 0 bridgehead atoms. The fourth-order valence-electron chi connectivity index (χ4n) is 5.11. The molecule has 3 fully saturated rings. The molecule has 3 aliphatic rings. The summed E-state index contributed by atoms with van der Waals surface area (Å²) >= 11 is 1.03. The number of carbonyl (C=O) groups excluding carboxylic acids is 6. The molecular weight excluding hydrogens is 564 g/mol. The lowest BCUT2D eigenvalue weighted by Gasteiger charge is -2.49. The molecule has 7 amide bonds. The minimum Gasteiger partial charge on any atom is -0.504 e. The highest BCUT2D eigenvalue weighted by molar-refractivity contribution is 8.01. The Kier molecular flexibility index (Phi) is 7.51. The highest BCUT2D eigenvalue weighted by atomic mass is 32.2. The minimum atomic E-state index is -2.35. The van der Waals surface area contributed by atoms with Gasteiger partial charge in [-0.2, -0.15) is 0 Å². The zero-order valence-corrected chi connectivity index (χ0v) is 22.9. The first-order valence-electron chi connectivity index (χ1n) is 12.4. The predicted octanol–water partition coefficient (Wildman–Crippen LogP) is -1.76. The van der Waals surface area contributed by atoms with E-state index in [-0.39, 0.29) is 25.2 Å². The van der Waals surface area contributed by atoms with Crippen LogP contribution in [-0.2, 0) is 28.8 Å². The van der Waals surface area contributed by atoms with Gasteiger partial charge in [0.05, 0.1) is 4.75 Å². The summed E-state index contributed by atoms with van der Waals surface area (Å²) in [5, 5.41) is 36.4. The van der Waals surface area contributed by atoms with Crippen molar-refractivity contribution in [2.24, 2.45) is 0 Å². The van der Waals surface area contributed by atoms with Gasteiger partial charge in [-0.15, -0.1) is 11.8 Å². The molecule has 1 unspecified atom stereocenters. The van der Waals surface area contributed by atoms with Gasteiger partial charge in [0.15, 0.2) is 11.5 Å². The highest BCUT2D eigenvalue weighted by Gasteiger charge is 2.74. The van der Waals surface area contributed by atoms with Crippen molar-refractivity contribution in [2.75, 3.05) is 19.6 Å². The predicted molar refractivity (Wildman–Crippen MR) is 139 cm³/mol. The maximum atomic E-state index is 13.8. The SMILES string of the molecule is CCN1CCN(C(=O)NC(C(=O)N[C@@]2(C(=O)O)N3C(=O)[C@H](NC=O)[C@H]3SC2(C)C)c2ccc(O)c(O)c2)C(=O)C1=O. The maximum Gasteiger partial charge on any atom is 0.352 e.